The third-order valence-electron chi connectivity index (χ3n) is 6.28. The number of nitrogens with two attached hydrogens (primary N) is 1. The van der Waals surface area contributed by atoms with Gasteiger partial charge >= 0.3 is 0 Å². The van der Waals surface area contributed by atoms with E-state index in [1.807, 2.05) is 61.5 Å². The van der Waals surface area contributed by atoms with Crippen LogP contribution in [0.4, 0.5) is 8.78 Å². The number of nitrogens with zero attached hydrogens (tertiary/aromatic N) is 2. The van der Waals surface area contributed by atoms with Gasteiger partial charge in [0.05, 0.1) is 12.2 Å². The van der Waals surface area contributed by atoms with Gasteiger partial charge < -0.3 is 25.0 Å². The first-order valence-electron chi connectivity index (χ1n) is 12.7. The number of carbonyl (C=O) groups is 1. The lowest BCUT2D eigenvalue weighted by atomic mass is 10.0. The zero-order valence-corrected chi connectivity index (χ0v) is 21.6. The van der Waals surface area contributed by atoms with Gasteiger partial charge in [-0.1, -0.05) is 61.5 Å². The Labute approximate surface area is 225 Å². The number of aliphatic hydroxyl groups excluding tert-OH is 1. The molecule has 0 saturated carbocycles. The first-order chi connectivity index (χ1) is 18.8. The topological polar surface area (TPSA) is 102 Å². The molecular formula is C30H31F2N3O4. The number of hydrogen-bond donors (Lipinski definition) is 2. The Morgan fingerprint density at radius 1 is 0.974 bits per heavy atom. The average Bonchev–Trinajstić information content (AvgIpc) is 3.40. The molecule has 0 spiro atoms. The number of hydrogen-bond acceptors (Lipinski definition) is 6. The van der Waals surface area contributed by atoms with Gasteiger partial charge in [0.2, 0.25) is 5.76 Å². The summed E-state index contributed by atoms with van der Waals surface area (Å²) in [5, 5.41) is 14.8. The molecule has 0 fully saturated rings. The Hall–Kier alpha value is -4.08. The Morgan fingerprint density at radius 2 is 1.67 bits per heavy atom. The quantitative estimate of drug-likeness (QED) is 0.274. The van der Waals surface area contributed by atoms with Gasteiger partial charge in [-0.2, -0.15) is 0 Å². The molecule has 1 amide bonds. The normalized spacial score (nSPS) is 12.6. The summed E-state index contributed by atoms with van der Waals surface area (Å²) in [4.78, 5) is 14.9. The smallest absolute Gasteiger partial charge is 0.293 e. The van der Waals surface area contributed by atoms with Crippen molar-refractivity contribution in [2.45, 2.75) is 45.1 Å². The molecule has 4 rings (SSSR count). The van der Waals surface area contributed by atoms with Crippen molar-refractivity contribution in [3.05, 3.63) is 119 Å². The standard InChI is InChI=1S/C30H31F2N3O4/c1-2-20-9-6-10-22(11-20)17-35(18-27(36)26(33)14-23-12-24(31)15-25(32)13-23)30(37)28-16-29(34-39-28)38-19-21-7-4-3-5-8-21/h3-13,15-16,26-27,36H,2,14,17-19,33H2,1H3/t26-,27+/m0/s1. The predicted molar refractivity (Wildman–Crippen MR) is 142 cm³/mol. The highest BCUT2D eigenvalue weighted by Crippen LogP contribution is 2.19. The molecule has 0 radical (unpaired) electrons. The largest absolute Gasteiger partial charge is 0.471 e. The van der Waals surface area contributed by atoms with Gasteiger partial charge in [0.1, 0.15) is 18.2 Å². The molecule has 9 heteroatoms. The molecule has 0 aliphatic rings. The van der Waals surface area contributed by atoms with Crippen LogP contribution in [0.15, 0.2) is 83.4 Å². The number of carbonyl (C=O) groups excluding carboxylic acids is 1. The van der Waals surface area contributed by atoms with Crippen LogP contribution < -0.4 is 10.5 Å². The monoisotopic (exact) mass is 535 g/mol. The van der Waals surface area contributed by atoms with Crippen LogP contribution in [0.5, 0.6) is 5.88 Å². The van der Waals surface area contributed by atoms with Crippen LogP contribution in [-0.2, 0) is 26.0 Å². The lowest BCUT2D eigenvalue weighted by molar-refractivity contribution is 0.0519. The maximum atomic E-state index is 13.6. The predicted octanol–water partition coefficient (Wildman–Crippen LogP) is 4.67. The molecule has 7 nitrogen and oxygen atoms in total. The summed E-state index contributed by atoms with van der Waals surface area (Å²) in [6.07, 6.45) is -0.349. The van der Waals surface area contributed by atoms with Crippen molar-refractivity contribution in [1.82, 2.24) is 10.1 Å². The Kier molecular flexibility index (Phi) is 9.40. The SMILES string of the molecule is CCc1cccc(CN(C[C@@H](O)[C@@H](N)Cc2cc(F)cc(F)c2)C(=O)c2cc(OCc3ccccc3)no2)c1. The Morgan fingerprint density at radius 3 is 2.38 bits per heavy atom. The fourth-order valence-electron chi connectivity index (χ4n) is 4.20. The van der Waals surface area contributed by atoms with Crippen molar-refractivity contribution in [1.29, 1.82) is 0 Å². The molecule has 3 N–H and O–H groups in total. The van der Waals surface area contributed by atoms with Crippen molar-refractivity contribution in [3.8, 4) is 5.88 Å². The zero-order valence-electron chi connectivity index (χ0n) is 21.6. The van der Waals surface area contributed by atoms with Crippen molar-refractivity contribution >= 4 is 5.91 Å². The van der Waals surface area contributed by atoms with Crippen molar-refractivity contribution in [2.75, 3.05) is 6.54 Å². The molecule has 0 unspecified atom stereocenters. The molecular weight excluding hydrogens is 504 g/mol. The molecule has 2 atom stereocenters. The van der Waals surface area contributed by atoms with E-state index < -0.39 is 29.7 Å². The molecule has 0 aliphatic heterocycles. The van der Waals surface area contributed by atoms with Gasteiger partial charge in [-0.3, -0.25) is 4.79 Å². The maximum absolute atomic E-state index is 13.6. The molecule has 1 heterocycles. The fourth-order valence-corrected chi connectivity index (χ4v) is 4.20. The molecule has 0 saturated heterocycles. The van der Waals surface area contributed by atoms with E-state index in [0.717, 1.165) is 29.2 Å². The van der Waals surface area contributed by atoms with E-state index in [2.05, 4.69) is 5.16 Å². The highest BCUT2D eigenvalue weighted by Gasteiger charge is 2.26. The Balaban J connectivity index is 1.49. The van der Waals surface area contributed by atoms with Crippen LogP contribution in [0.2, 0.25) is 0 Å². The fraction of sp³-hybridized carbons (Fsp3) is 0.267. The molecule has 4 aromatic rings. The summed E-state index contributed by atoms with van der Waals surface area (Å²) in [7, 11) is 0. The highest BCUT2D eigenvalue weighted by atomic mass is 19.1. The average molecular weight is 536 g/mol. The number of amides is 1. The van der Waals surface area contributed by atoms with Gasteiger partial charge in [0.25, 0.3) is 11.8 Å². The molecule has 1 aromatic heterocycles. The van der Waals surface area contributed by atoms with E-state index in [0.29, 0.717) is 5.56 Å². The van der Waals surface area contributed by atoms with Crippen LogP contribution in [0.3, 0.4) is 0 Å². The Bertz CT molecular complexity index is 1360. The molecule has 0 bridgehead atoms. The van der Waals surface area contributed by atoms with Crippen molar-refractivity contribution < 1.29 is 27.9 Å². The zero-order chi connectivity index (χ0) is 27.8. The maximum Gasteiger partial charge on any atom is 0.293 e. The van der Waals surface area contributed by atoms with Gasteiger partial charge in [-0.05, 0) is 52.4 Å². The van der Waals surface area contributed by atoms with E-state index in [4.69, 9.17) is 15.0 Å². The second-order valence-electron chi connectivity index (χ2n) is 9.38. The number of rotatable bonds is 12. The van der Waals surface area contributed by atoms with E-state index in [1.165, 1.54) is 23.1 Å². The van der Waals surface area contributed by atoms with Gasteiger partial charge in [0.15, 0.2) is 0 Å². The third-order valence-corrected chi connectivity index (χ3v) is 6.28. The van der Waals surface area contributed by atoms with Crippen LogP contribution in [0.1, 0.15) is 39.7 Å². The first-order valence-corrected chi connectivity index (χ1v) is 12.7. The number of aromatic nitrogens is 1. The summed E-state index contributed by atoms with van der Waals surface area (Å²) in [5.74, 6) is -1.87. The summed E-state index contributed by atoms with van der Waals surface area (Å²) in [6, 6.07) is 20.9. The lowest BCUT2D eigenvalue weighted by Crippen LogP contribution is -2.46. The number of aryl methyl sites for hydroxylation is 1. The minimum absolute atomic E-state index is 0.0168. The lowest BCUT2D eigenvalue weighted by Gasteiger charge is -2.27. The third kappa shape index (κ3) is 7.95. The van der Waals surface area contributed by atoms with E-state index in [9.17, 15) is 18.7 Å². The molecule has 3 aromatic carbocycles. The van der Waals surface area contributed by atoms with Crippen LogP contribution in [-0.4, -0.2) is 39.8 Å². The summed E-state index contributed by atoms with van der Waals surface area (Å²) in [6.45, 7) is 2.31. The number of halogens is 2. The summed E-state index contributed by atoms with van der Waals surface area (Å²) < 4.78 is 38.2. The van der Waals surface area contributed by atoms with Crippen molar-refractivity contribution in [2.24, 2.45) is 5.73 Å². The second kappa shape index (κ2) is 13.1. The summed E-state index contributed by atoms with van der Waals surface area (Å²) in [5.41, 5.74) is 9.38. The minimum atomic E-state index is -1.19. The highest BCUT2D eigenvalue weighted by molar-refractivity contribution is 5.91. The number of ether oxygens (including phenoxy) is 1. The number of benzene rings is 3. The van der Waals surface area contributed by atoms with Gasteiger partial charge in [-0.15, -0.1) is 0 Å². The molecule has 204 valence electrons. The summed E-state index contributed by atoms with van der Waals surface area (Å²) >= 11 is 0. The van der Waals surface area contributed by atoms with Crippen LogP contribution in [0.25, 0.3) is 0 Å². The molecule has 39 heavy (non-hydrogen) atoms. The minimum Gasteiger partial charge on any atom is -0.471 e. The van der Waals surface area contributed by atoms with Crippen molar-refractivity contribution in [3.63, 3.8) is 0 Å². The van der Waals surface area contributed by atoms with E-state index in [-0.39, 0.29) is 37.8 Å². The van der Waals surface area contributed by atoms with Gasteiger partial charge in [0, 0.05) is 25.2 Å². The second-order valence-corrected chi connectivity index (χ2v) is 9.38. The van der Waals surface area contributed by atoms with Gasteiger partial charge in [-0.25, -0.2) is 8.78 Å². The number of aliphatic hydroxyl groups is 1. The van der Waals surface area contributed by atoms with Crippen LogP contribution in [0, 0.1) is 11.6 Å². The van der Waals surface area contributed by atoms with Crippen LogP contribution >= 0.6 is 0 Å². The molecule has 0 aliphatic carbocycles. The van der Waals surface area contributed by atoms with E-state index >= 15 is 0 Å². The van der Waals surface area contributed by atoms with E-state index in [1.54, 1.807) is 0 Å². The first kappa shape index (κ1) is 27.9.